The zero-order chi connectivity index (χ0) is 14.7. The number of hydrogen-bond donors (Lipinski definition) is 2. The van der Waals surface area contributed by atoms with Gasteiger partial charge in [-0.3, -0.25) is 0 Å². The Morgan fingerprint density at radius 1 is 1.19 bits per heavy atom. The van der Waals surface area contributed by atoms with Crippen molar-refractivity contribution in [2.45, 2.75) is 50.2 Å². The lowest BCUT2D eigenvalue weighted by atomic mass is 9.92. The lowest BCUT2D eigenvalue weighted by Gasteiger charge is -2.21. The topological polar surface area (TPSA) is 50.7 Å². The van der Waals surface area contributed by atoms with Gasteiger partial charge in [-0.15, -0.1) is 0 Å². The van der Waals surface area contributed by atoms with Crippen molar-refractivity contribution in [2.24, 2.45) is 0 Å². The summed E-state index contributed by atoms with van der Waals surface area (Å²) in [4.78, 5) is 0. The average molecular weight is 291 g/mol. The van der Waals surface area contributed by atoms with E-state index in [9.17, 15) is 5.11 Å². The molecule has 0 bridgehead atoms. The number of rotatable bonds is 5. The lowest BCUT2D eigenvalue weighted by Crippen LogP contribution is -2.29. The van der Waals surface area contributed by atoms with Gasteiger partial charge in [0.1, 0.15) is 0 Å². The second kappa shape index (κ2) is 6.67. The van der Waals surface area contributed by atoms with Gasteiger partial charge < -0.3 is 19.9 Å². The third-order valence-corrected chi connectivity index (χ3v) is 4.76. The third kappa shape index (κ3) is 3.16. The molecule has 0 amide bonds. The highest BCUT2D eigenvalue weighted by molar-refractivity contribution is 5.44. The number of aliphatic hydroxyl groups excluding tert-OH is 1. The molecule has 2 N–H and O–H groups in total. The number of nitrogens with one attached hydrogen (secondary N) is 1. The number of benzene rings is 1. The minimum absolute atomic E-state index is 0.151. The Morgan fingerprint density at radius 3 is 2.71 bits per heavy atom. The minimum atomic E-state index is 0.151. The van der Waals surface area contributed by atoms with Gasteiger partial charge in [-0.2, -0.15) is 0 Å². The molecule has 0 aromatic heterocycles. The fourth-order valence-corrected chi connectivity index (χ4v) is 3.56. The van der Waals surface area contributed by atoms with Crippen LogP contribution >= 0.6 is 0 Å². The second-order valence-corrected chi connectivity index (χ2v) is 6.07. The largest absolute Gasteiger partial charge is 0.493 e. The minimum Gasteiger partial charge on any atom is -0.493 e. The molecule has 116 valence electrons. The average Bonchev–Trinajstić information content (AvgIpc) is 3.18. The maximum Gasteiger partial charge on any atom is 0.161 e. The van der Waals surface area contributed by atoms with Crippen LogP contribution in [0.25, 0.3) is 0 Å². The molecule has 4 heteroatoms. The van der Waals surface area contributed by atoms with Crippen LogP contribution in [0.3, 0.4) is 0 Å². The van der Waals surface area contributed by atoms with Gasteiger partial charge in [0.2, 0.25) is 0 Å². The van der Waals surface area contributed by atoms with Crippen molar-refractivity contribution in [3.8, 4) is 11.5 Å². The van der Waals surface area contributed by atoms with Crippen LogP contribution in [0, 0.1) is 0 Å². The Labute approximate surface area is 126 Å². The predicted octanol–water partition coefficient (Wildman–Crippen LogP) is 2.45. The zero-order valence-electron chi connectivity index (χ0n) is 12.7. The first-order valence-electron chi connectivity index (χ1n) is 8.00. The first-order chi connectivity index (χ1) is 10.3. The molecule has 4 nitrogen and oxygen atoms in total. The van der Waals surface area contributed by atoms with Crippen molar-refractivity contribution in [1.82, 2.24) is 5.32 Å². The van der Waals surface area contributed by atoms with Gasteiger partial charge in [-0.1, -0.05) is 6.07 Å². The third-order valence-electron chi connectivity index (χ3n) is 4.76. The fourth-order valence-electron chi connectivity index (χ4n) is 3.56. The summed E-state index contributed by atoms with van der Waals surface area (Å²) < 4.78 is 11.6. The molecule has 2 atom stereocenters. The van der Waals surface area contributed by atoms with E-state index in [1.807, 2.05) is 6.07 Å². The highest BCUT2D eigenvalue weighted by Crippen LogP contribution is 2.36. The zero-order valence-corrected chi connectivity index (χ0v) is 12.7. The van der Waals surface area contributed by atoms with Crippen molar-refractivity contribution in [1.29, 1.82) is 0 Å². The molecular formula is C17H25NO3. The molecule has 2 fully saturated rings. The van der Waals surface area contributed by atoms with Crippen LogP contribution in [0.2, 0.25) is 0 Å². The van der Waals surface area contributed by atoms with E-state index in [-0.39, 0.29) is 12.6 Å². The van der Waals surface area contributed by atoms with E-state index in [0.29, 0.717) is 12.0 Å². The number of ether oxygens (including phenoxy) is 2. The molecule has 0 radical (unpaired) electrons. The Morgan fingerprint density at radius 2 is 2.00 bits per heavy atom. The number of aliphatic hydroxyl groups is 1. The van der Waals surface area contributed by atoms with E-state index >= 15 is 0 Å². The SMILES string of the molecule is COc1ccc([C@@H]2CCN[C@@H]2CO)cc1OC1CCCC1. The van der Waals surface area contributed by atoms with Crippen molar-refractivity contribution >= 4 is 0 Å². The molecule has 1 aliphatic heterocycles. The maximum atomic E-state index is 9.48. The number of methoxy groups -OCH3 is 1. The van der Waals surface area contributed by atoms with Gasteiger partial charge in [0, 0.05) is 12.0 Å². The standard InChI is InChI=1S/C17H25NO3/c1-20-16-7-6-12(14-8-9-18-15(14)11-19)10-17(16)21-13-4-2-3-5-13/h6-7,10,13-15,18-19H,2-5,8-9,11H2,1H3/t14-,15+/m0/s1. The van der Waals surface area contributed by atoms with Gasteiger partial charge in [-0.25, -0.2) is 0 Å². The molecule has 1 aromatic carbocycles. The Kier molecular flexibility index (Phi) is 4.66. The van der Waals surface area contributed by atoms with Crippen molar-refractivity contribution in [2.75, 3.05) is 20.3 Å². The predicted molar refractivity (Wildman–Crippen MR) is 82.1 cm³/mol. The van der Waals surface area contributed by atoms with E-state index in [4.69, 9.17) is 9.47 Å². The van der Waals surface area contributed by atoms with Crippen molar-refractivity contribution in [3.63, 3.8) is 0 Å². The van der Waals surface area contributed by atoms with Crippen LogP contribution in [0.5, 0.6) is 11.5 Å². The van der Waals surface area contributed by atoms with Gasteiger partial charge in [0.15, 0.2) is 11.5 Å². The monoisotopic (exact) mass is 291 g/mol. The van der Waals surface area contributed by atoms with Crippen LogP contribution in [0.15, 0.2) is 18.2 Å². The molecule has 21 heavy (non-hydrogen) atoms. The molecule has 3 rings (SSSR count). The summed E-state index contributed by atoms with van der Waals surface area (Å²) in [6.45, 7) is 1.14. The van der Waals surface area contributed by atoms with E-state index < -0.39 is 0 Å². The first kappa shape index (κ1) is 14.7. The molecule has 1 aliphatic carbocycles. The molecule has 2 aliphatic rings. The summed E-state index contributed by atoms with van der Waals surface area (Å²) in [5.74, 6) is 2.01. The molecular weight excluding hydrogens is 266 g/mol. The molecule has 1 heterocycles. The number of hydrogen-bond acceptors (Lipinski definition) is 4. The van der Waals surface area contributed by atoms with E-state index in [1.165, 1.54) is 18.4 Å². The lowest BCUT2D eigenvalue weighted by molar-refractivity contribution is 0.200. The highest BCUT2D eigenvalue weighted by Gasteiger charge is 2.28. The smallest absolute Gasteiger partial charge is 0.161 e. The summed E-state index contributed by atoms with van der Waals surface area (Å²) in [5, 5.41) is 12.8. The Balaban J connectivity index is 1.81. The van der Waals surface area contributed by atoms with Gasteiger partial charge >= 0.3 is 0 Å². The molecule has 1 aromatic rings. The van der Waals surface area contributed by atoms with Crippen molar-refractivity contribution in [3.05, 3.63) is 23.8 Å². The van der Waals surface area contributed by atoms with Crippen LogP contribution in [-0.2, 0) is 0 Å². The molecule has 0 spiro atoms. The van der Waals surface area contributed by atoms with Crippen molar-refractivity contribution < 1.29 is 14.6 Å². The van der Waals surface area contributed by atoms with E-state index in [0.717, 1.165) is 37.3 Å². The first-order valence-corrected chi connectivity index (χ1v) is 8.00. The molecule has 1 saturated heterocycles. The molecule has 1 saturated carbocycles. The maximum absolute atomic E-state index is 9.48. The van der Waals surface area contributed by atoms with E-state index in [2.05, 4.69) is 17.4 Å². The van der Waals surface area contributed by atoms with Gasteiger partial charge in [0.25, 0.3) is 0 Å². The summed E-state index contributed by atoms with van der Waals surface area (Å²) in [6.07, 6.45) is 6.16. The van der Waals surface area contributed by atoms with Crippen LogP contribution in [0.4, 0.5) is 0 Å². The van der Waals surface area contributed by atoms with E-state index in [1.54, 1.807) is 7.11 Å². The summed E-state index contributed by atoms with van der Waals surface area (Å²) in [6, 6.07) is 6.35. The highest BCUT2D eigenvalue weighted by atomic mass is 16.5. The normalized spacial score (nSPS) is 26.2. The summed E-state index contributed by atoms with van der Waals surface area (Å²) >= 11 is 0. The second-order valence-electron chi connectivity index (χ2n) is 6.07. The Hall–Kier alpha value is -1.26. The van der Waals surface area contributed by atoms with Gasteiger partial charge in [-0.05, 0) is 56.3 Å². The van der Waals surface area contributed by atoms with Gasteiger partial charge in [0.05, 0.1) is 19.8 Å². The van der Waals surface area contributed by atoms with Crippen LogP contribution in [0.1, 0.15) is 43.6 Å². The quantitative estimate of drug-likeness (QED) is 0.875. The summed E-state index contributed by atoms with van der Waals surface area (Å²) in [7, 11) is 1.68. The summed E-state index contributed by atoms with van der Waals surface area (Å²) in [5.41, 5.74) is 1.23. The molecule has 0 unspecified atom stereocenters. The van der Waals surface area contributed by atoms with Crippen LogP contribution in [-0.4, -0.2) is 37.5 Å². The van der Waals surface area contributed by atoms with Crippen LogP contribution < -0.4 is 14.8 Å². The Bertz CT molecular complexity index is 471. The fraction of sp³-hybridized carbons (Fsp3) is 0.647.